The van der Waals surface area contributed by atoms with Gasteiger partial charge in [0.25, 0.3) is 0 Å². The zero-order valence-electron chi connectivity index (χ0n) is 11.6. The highest BCUT2D eigenvalue weighted by Gasteiger charge is 2.29. The van der Waals surface area contributed by atoms with Gasteiger partial charge < -0.3 is 5.32 Å². The fourth-order valence-electron chi connectivity index (χ4n) is 2.63. The van der Waals surface area contributed by atoms with Crippen molar-refractivity contribution < 1.29 is 8.42 Å². The van der Waals surface area contributed by atoms with Crippen molar-refractivity contribution >= 4 is 9.84 Å². The summed E-state index contributed by atoms with van der Waals surface area (Å²) < 4.78 is 22.9. The Bertz CT molecular complexity index is 312. The average Bonchev–Trinajstić information content (AvgIpc) is 2.42. The molecule has 4 heteroatoms. The molecule has 1 unspecified atom stereocenters. The second kappa shape index (κ2) is 6.19. The Labute approximate surface area is 106 Å². The van der Waals surface area contributed by atoms with Crippen LogP contribution in [-0.4, -0.2) is 32.0 Å². The maximum atomic E-state index is 11.4. The molecule has 0 bridgehead atoms. The van der Waals surface area contributed by atoms with Crippen LogP contribution >= 0.6 is 0 Å². The van der Waals surface area contributed by atoms with E-state index in [-0.39, 0.29) is 6.04 Å². The molecule has 17 heavy (non-hydrogen) atoms. The predicted octanol–water partition coefficient (Wildman–Crippen LogP) is 2.22. The Morgan fingerprint density at radius 2 is 1.65 bits per heavy atom. The second-order valence-electron chi connectivity index (χ2n) is 6.22. The van der Waals surface area contributed by atoms with E-state index < -0.39 is 9.84 Å². The fourth-order valence-corrected chi connectivity index (χ4v) is 4.32. The van der Waals surface area contributed by atoms with Crippen LogP contribution in [0.25, 0.3) is 0 Å². The first-order valence-electron chi connectivity index (χ1n) is 6.75. The third-order valence-corrected chi connectivity index (χ3v) is 4.98. The van der Waals surface area contributed by atoms with E-state index in [1.165, 1.54) is 0 Å². The van der Waals surface area contributed by atoms with Crippen LogP contribution < -0.4 is 5.32 Å². The van der Waals surface area contributed by atoms with E-state index in [0.29, 0.717) is 29.4 Å². The molecule has 1 atom stereocenters. The minimum Gasteiger partial charge on any atom is -0.310 e. The standard InChI is InChI=1S/C13H27NO2S/c1-10(2)7-13(8-11(3)4)14-12-5-6-17(15,16)9-12/h10-14H,5-9H2,1-4H3. The molecule has 0 radical (unpaired) electrons. The Hall–Kier alpha value is -0.0900. The first-order chi connectivity index (χ1) is 7.78. The van der Waals surface area contributed by atoms with Crippen molar-refractivity contribution in [3.05, 3.63) is 0 Å². The van der Waals surface area contributed by atoms with E-state index in [1.807, 2.05) is 0 Å². The van der Waals surface area contributed by atoms with Crippen molar-refractivity contribution in [1.29, 1.82) is 0 Å². The summed E-state index contributed by atoms with van der Waals surface area (Å²) >= 11 is 0. The highest BCUT2D eigenvalue weighted by molar-refractivity contribution is 7.91. The van der Waals surface area contributed by atoms with Gasteiger partial charge in [0, 0.05) is 12.1 Å². The second-order valence-corrected chi connectivity index (χ2v) is 8.45. The van der Waals surface area contributed by atoms with Crippen LogP contribution in [-0.2, 0) is 9.84 Å². The first-order valence-corrected chi connectivity index (χ1v) is 8.57. The van der Waals surface area contributed by atoms with E-state index in [2.05, 4.69) is 33.0 Å². The molecule has 3 nitrogen and oxygen atoms in total. The molecule has 0 aliphatic carbocycles. The lowest BCUT2D eigenvalue weighted by Crippen LogP contribution is -2.40. The predicted molar refractivity (Wildman–Crippen MR) is 72.9 cm³/mol. The van der Waals surface area contributed by atoms with Crippen molar-refractivity contribution in [2.24, 2.45) is 11.8 Å². The lowest BCUT2D eigenvalue weighted by atomic mass is 9.95. The lowest BCUT2D eigenvalue weighted by Gasteiger charge is -2.25. The minimum atomic E-state index is -2.76. The SMILES string of the molecule is CC(C)CC(CC(C)C)NC1CCS(=O)(=O)C1. The molecule has 1 saturated heterocycles. The third kappa shape index (κ3) is 5.87. The molecule has 0 amide bonds. The largest absolute Gasteiger partial charge is 0.310 e. The zero-order chi connectivity index (χ0) is 13.1. The summed E-state index contributed by atoms with van der Waals surface area (Å²) in [5.74, 6) is 2.01. The van der Waals surface area contributed by atoms with Crippen molar-refractivity contribution in [3.8, 4) is 0 Å². The maximum Gasteiger partial charge on any atom is 0.151 e. The molecule has 1 fully saturated rings. The van der Waals surface area contributed by atoms with Crippen LogP contribution in [0.4, 0.5) is 0 Å². The van der Waals surface area contributed by atoms with Crippen molar-refractivity contribution in [2.45, 2.75) is 59.0 Å². The summed E-state index contributed by atoms with van der Waals surface area (Å²) in [6.45, 7) is 8.89. The van der Waals surface area contributed by atoms with Gasteiger partial charge >= 0.3 is 0 Å². The topological polar surface area (TPSA) is 46.2 Å². The quantitative estimate of drug-likeness (QED) is 0.797. The normalized spacial score (nSPS) is 24.1. The molecule has 1 heterocycles. The van der Waals surface area contributed by atoms with Gasteiger partial charge in [0.1, 0.15) is 0 Å². The Kier molecular flexibility index (Phi) is 5.45. The smallest absolute Gasteiger partial charge is 0.151 e. The van der Waals surface area contributed by atoms with Gasteiger partial charge in [-0.15, -0.1) is 0 Å². The minimum absolute atomic E-state index is 0.183. The van der Waals surface area contributed by atoms with E-state index >= 15 is 0 Å². The molecule has 1 aliphatic heterocycles. The maximum absolute atomic E-state index is 11.4. The van der Waals surface area contributed by atoms with E-state index in [1.54, 1.807) is 0 Å². The third-order valence-electron chi connectivity index (χ3n) is 3.22. The highest BCUT2D eigenvalue weighted by atomic mass is 32.2. The summed E-state index contributed by atoms with van der Waals surface area (Å²) in [6.07, 6.45) is 3.05. The van der Waals surface area contributed by atoms with Crippen LogP contribution in [0.15, 0.2) is 0 Å². The Morgan fingerprint density at radius 1 is 1.12 bits per heavy atom. The summed E-state index contributed by atoms with van der Waals surface area (Å²) in [6, 6.07) is 0.649. The van der Waals surface area contributed by atoms with Gasteiger partial charge in [0.2, 0.25) is 0 Å². The fraction of sp³-hybridized carbons (Fsp3) is 1.00. The molecule has 0 saturated carbocycles. The van der Waals surface area contributed by atoms with Crippen LogP contribution in [0.1, 0.15) is 47.0 Å². The van der Waals surface area contributed by atoms with Crippen LogP contribution in [0.2, 0.25) is 0 Å². The average molecular weight is 261 g/mol. The lowest BCUT2D eigenvalue weighted by molar-refractivity contribution is 0.334. The highest BCUT2D eigenvalue weighted by Crippen LogP contribution is 2.18. The molecular weight excluding hydrogens is 234 g/mol. The van der Waals surface area contributed by atoms with E-state index in [4.69, 9.17) is 0 Å². The molecule has 1 aliphatic rings. The van der Waals surface area contributed by atoms with Gasteiger partial charge in [-0.3, -0.25) is 0 Å². The van der Waals surface area contributed by atoms with Gasteiger partial charge in [-0.1, -0.05) is 27.7 Å². The molecule has 1 N–H and O–H groups in total. The first kappa shape index (κ1) is 15.0. The number of rotatable bonds is 6. The van der Waals surface area contributed by atoms with E-state index in [9.17, 15) is 8.42 Å². The number of hydrogen-bond acceptors (Lipinski definition) is 3. The number of nitrogens with one attached hydrogen (secondary N) is 1. The molecule has 0 aromatic carbocycles. The number of hydrogen-bond donors (Lipinski definition) is 1. The van der Waals surface area contributed by atoms with Gasteiger partial charge in [-0.05, 0) is 31.1 Å². The van der Waals surface area contributed by atoms with Crippen LogP contribution in [0, 0.1) is 11.8 Å². The van der Waals surface area contributed by atoms with Gasteiger partial charge in [0.05, 0.1) is 11.5 Å². The molecule has 0 spiro atoms. The Morgan fingerprint density at radius 3 is 2.00 bits per heavy atom. The summed E-state index contributed by atoms with van der Waals surface area (Å²) in [5, 5.41) is 3.56. The summed E-state index contributed by atoms with van der Waals surface area (Å²) in [7, 11) is -2.76. The van der Waals surface area contributed by atoms with Crippen LogP contribution in [0.3, 0.4) is 0 Å². The summed E-state index contributed by atoms with van der Waals surface area (Å²) in [4.78, 5) is 0. The number of sulfone groups is 1. The molecule has 1 rings (SSSR count). The Balaban J connectivity index is 2.48. The van der Waals surface area contributed by atoms with Gasteiger partial charge in [-0.2, -0.15) is 0 Å². The molecule has 0 aromatic heterocycles. The summed E-state index contributed by atoms with van der Waals surface area (Å²) in [5.41, 5.74) is 0. The zero-order valence-corrected chi connectivity index (χ0v) is 12.4. The van der Waals surface area contributed by atoms with Crippen molar-refractivity contribution in [1.82, 2.24) is 5.32 Å². The molecular formula is C13H27NO2S. The molecule has 102 valence electrons. The van der Waals surface area contributed by atoms with Crippen LogP contribution in [0.5, 0.6) is 0 Å². The van der Waals surface area contributed by atoms with Gasteiger partial charge in [-0.25, -0.2) is 8.42 Å². The monoisotopic (exact) mass is 261 g/mol. The van der Waals surface area contributed by atoms with E-state index in [0.717, 1.165) is 19.3 Å². The molecule has 0 aromatic rings. The van der Waals surface area contributed by atoms with Gasteiger partial charge in [0.15, 0.2) is 9.84 Å². The van der Waals surface area contributed by atoms with Crippen molar-refractivity contribution in [2.75, 3.05) is 11.5 Å². The van der Waals surface area contributed by atoms with Crippen molar-refractivity contribution in [3.63, 3.8) is 0 Å².